The smallest absolute Gasteiger partial charge is 0.303 e. The van der Waals surface area contributed by atoms with Crippen molar-refractivity contribution in [2.24, 2.45) is 0 Å². The standard InChI is InChI=1S/C30H29FN4O3/c31-23-13-10-21(11-14-23)29-26(8-4-5-9-28(36)37)32-27-20-22(12-15-25(27)33-29)30(38)35-18-16-34(17-19-35)24-6-2-1-3-7-24/h1-3,6-7,10-15,20H,4-5,8-9,16-19H2,(H,36,37). The number of fused-ring (bicyclic) bond motifs is 1. The molecule has 0 atom stereocenters. The van der Waals surface area contributed by atoms with Crippen LogP contribution in [0.2, 0.25) is 0 Å². The largest absolute Gasteiger partial charge is 0.481 e. The van der Waals surface area contributed by atoms with Crippen LogP contribution in [0.1, 0.15) is 35.3 Å². The number of aryl methyl sites for hydroxylation is 1. The van der Waals surface area contributed by atoms with Crippen LogP contribution in [0, 0.1) is 5.82 Å². The molecule has 1 aliphatic rings. The van der Waals surface area contributed by atoms with Crippen molar-refractivity contribution in [3.05, 3.63) is 89.9 Å². The van der Waals surface area contributed by atoms with E-state index in [4.69, 9.17) is 15.1 Å². The Bertz CT molecular complexity index is 1440. The lowest BCUT2D eigenvalue weighted by molar-refractivity contribution is -0.137. The molecule has 0 aliphatic carbocycles. The monoisotopic (exact) mass is 512 g/mol. The van der Waals surface area contributed by atoms with Gasteiger partial charge in [0, 0.05) is 49.4 Å². The molecule has 1 amide bonds. The van der Waals surface area contributed by atoms with E-state index in [-0.39, 0.29) is 18.1 Å². The summed E-state index contributed by atoms with van der Waals surface area (Å²) >= 11 is 0. The first-order chi connectivity index (χ1) is 18.5. The van der Waals surface area contributed by atoms with Gasteiger partial charge >= 0.3 is 5.97 Å². The van der Waals surface area contributed by atoms with Gasteiger partial charge in [-0.05, 0) is 73.9 Å². The van der Waals surface area contributed by atoms with Crippen LogP contribution < -0.4 is 4.90 Å². The summed E-state index contributed by atoms with van der Waals surface area (Å²) in [6, 6.07) is 21.7. The number of hydrogen-bond donors (Lipinski definition) is 1. The first kappa shape index (κ1) is 25.3. The first-order valence-corrected chi connectivity index (χ1v) is 12.9. The number of nitrogens with zero attached hydrogens (tertiary/aromatic N) is 4. The fourth-order valence-electron chi connectivity index (χ4n) is 4.79. The molecule has 0 bridgehead atoms. The van der Waals surface area contributed by atoms with E-state index in [0.29, 0.717) is 60.3 Å². The van der Waals surface area contributed by atoms with Gasteiger partial charge in [0.2, 0.25) is 0 Å². The number of rotatable bonds is 8. The number of para-hydroxylation sites is 1. The van der Waals surface area contributed by atoms with E-state index < -0.39 is 5.97 Å². The zero-order valence-electron chi connectivity index (χ0n) is 21.0. The summed E-state index contributed by atoms with van der Waals surface area (Å²) in [4.78, 5) is 38.1. The molecule has 0 spiro atoms. The fourth-order valence-corrected chi connectivity index (χ4v) is 4.79. The van der Waals surface area contributed by atoms with Crippen LogP contribution in [0.25, 0.3) is 22.3 Å². The van der Waals surface area contributed by atoms with Crippen molar-refractivity contribution in [3.63, 3.8) is 0 Å². The van der Waals surface area contributed by atoms with E-state index in [1.54, 1.807) is 30.3 Å². The number of benzene rings is 3. The van der Waals surface area contributed by atoms with Crippen molar-refractivity contribution in [1.29, 1.82) is 0 Å². The molecule has 3 aromatic carbocycles. The maximum atomic E-state index is 13.5. The van der Waals surface area contributed by atoms with Crippen molar-refractivity contribution >= 4 is 28.6 Å². The van der Waals surface area contributed by atoms with Gasteiger partial charge in [-0.1, -0.05) is 18.2 Å². The van der Waals surface area contributed by atoms with Crippen LogP contribution in [0.4, 0.5) is 10.1 Å². The lowest BCUT2D eigenvalue weighted by atomic mass is 10.0. The molecule has 1 aliphatic heterocycles. The highest BCUT2D eigenvalue weighted by Crippen LogP contribution is 2.26. The molecule has 8 heteroatoms. The van der Waals surface area contributed by atoms with Gasteiger partial charge in [-0.2, -0.15) is 0 Å². The van der Waals surface area contributed by atoms with Gasteiger partial charge in [0.15, 0.2) is 0 Å². The second-order valence-corrected chi connectivity index (χ2v) is 9.44. The molecule has 4 aromatic rings. The molecule has 1 fully saturated rings. The number of halogens is 1. The predicted octanol–water partition coefficient (Wildman–Crippen LogP) is 5.20. The average molecular weight is 513 g/mol. The van der Waals surface area contributed by atoms with Crippen molar-refractivity contribution in [3.8, 4) is 11.3 Å². The third-order valence-electron chi connectivity index (χ3n) is 6.84. The summed E-state index contributed by atoms with van der Waals surface area (Å²) in [6.07, 6.45) is 1.77. The van der Waals surface area contributed by atoms with E-state index in [1.165, 1.54) is 12.1 Å². The summed E-state index contributed by atoms with van der Waals surface area (Å²) in [5.41, 5.74) is 5.06. The van der Waals surface area contributed by atoms with E-state index in [1.807, 2.05) is 23.1 Å². The van der Waals surface area contributed by atoms with Gasteiger partial charge in [0.1, 0.15) is 5.82 Å². The molecule has 1 aromatic heterocycles. The second-order valence-electron chi connectivity index (χ2n) is 9.44. The van der Waals surface area contributed by atoms with E-state index in [9.17, 15) is 14.0 Å². The number of piperazine rings is 1. The molecule has 5 rings (SSSR count). The topological polar surface area (TPSA) is 86.6 Å². The van der Waals surface area contributed by atoms with Crippen molar-refractivity contribution in [2.75, 3.05) is 31.1 Å². The molecule has 1 N–H and O–H groups in total. The SMILES string of the molecule is O=C(O)CCCCc1nc2cc(C(=O)N3CCN(c4ccccc4)CC3)ccc2nc1-c1ccc(F)cc1. The van der Waals surface area contributed by atoms with Crippen LogP contribution in [0.5, 0.6) is 0 Å². The molecule has 0 unspecified atom stereocenters. The van der Waals surface area contributed by atoms with E-state index in [2.05, 4.69) is 17.0 Å². The number of carboxylic acids is 1. The highest BCUT2D eigenvalue weighted by Gasteiger charge is 2.23. The molecule has 0 saturated carbocycles. The second kappa shape index (κ2) is 11.4. The third kappa shape index (κ3) is 5.80. The minimum atomic E-state index is -0.832. The third-order valence-corrected chi connectivity index (χ3v) is 6.84. The molecule has 2 heterocycles. The maximum Gasteiger partial charge on any atom is 0.303 e. The Labute approximate surface area is 220 Å². The highest BCUT2D eigenvalue weighted by molar-refractivity contribution is 5.97. The lowest BCUT2D eigenvalue weighted by Crippen LogP contribution is -2.48. The quantitative estimate of drug-likeness (QED) is 0.327. The van der Waals surface area contributed by atoms with Crippen LogP contribution in [0.15, 0.2) is 72.8 Å². The van der Waals surface area contributed by atoms with Crippen molar-refractivity contribution < 1.29 is 19.1 Å². The predicted molar refractivity (Wildman–Crippen MR) is 145 cm³/mol. The Morgan fingerprint density at radius 3 is 2.29 bits per heavy atom. The Kier molecular flexibility index (Phi) is 7.58. The molecule has 1 saturated heterocycles. The average Bonchev–Trinajstić information content (AvgIpc) is 2.95. The Balaban J connectivity index is 1.37. The zero-order chi connectivity index (χ0) is 26.5. The van der Waals surface area contributed by atoms with Crippen LogP contribution >= 0.6 is 0 Å². The fraction of sp³-hybridized carbons (Fsp3) is 0.267. The minimum absolute atomic E-state index is 0.0352. The Morgan fingerprint density at radius 1 is 0.842 bits per heavy atom. The van der Waals surface area contributed by atoms with Gasteiger partial charge < -0.3 is 14.9 Å². The molecule has 38 heavy (non-hydrogen) atoms. The number of carbonyl (C=O) groups is 2. The van der Waals surface area contributed by atoms with Crippen molar-refractivity contribution in [2.45, 2.75) is 25.7 Å². The van der Waals surface area contributed by atoms with Gasteiger partial charge in [-0.15, -0.1) is 0 Å². The normalized spacial score (nSPS) is 13.6. The summed E-state index contributed by atoms with van der Waals surface area (Å²) in [5.74, 6) is -1.20. The van der Waals surface area contributed by atoms with Crippen LogP contribution in [0.3, 0.4) is 0 Å². The summed E-state index contributed by atoms with van der Waals surface area (Å²) < 4.78 is 13.5. The molecular formula is C30H29FN4O3. The summed E-state index contributed by atoms with van der Waals surface area (Å²) in [7, 11) is 0. The number of aromatic nitrogens is 2. The number of carboxylic acid groups (broad SMARTS) is 1. The molecule has 0 radical (unpaired) electrons. The van der Waals surface area contributed by atoms with Crippen LogP contribution in [-0.4, -0.2) is 58.0 Å². The Morgan fingerprint density at radius 2 is 1.58 bits per heavy atom. The minimum Gasteiger partial charge on any atom is -0.481 e. The number of amides is 1. The van der Waals surface area contributed by atoms with Gasteiger partial charge in [-0.25, -0.2) is 14.4 Å². The Hall–Kier alpha value is -4.33. The first-order valence-electron chi connectivity index (χ1n) is 12.9. The highest BCUT2D eigenvalue weighted by atomic mass is 19.1. The molecule has 194 valence electrons. The van der Waals surface area contributed by atoms with Gasteiger partial charge in [-0.3, -0.25) is 9.59 Å². The molecule has 7 nitrogen and oxygen atoms in total. The van der Waals surface area contributed by atoms with Gasteiger partial charge in [0.05, 0.1) is 22.4 Å². The number of carbonyl (C=O) groups excluding carboxylic acids is 1. The van der Waals surface area contributed by atoms with Crippen LogP contribution in [-0.2, 0) is 11.2 Å². The summed E-state index contributed by atoms with van der Waals surface area (Å²) in [6.45, 7) is 2.81. The summed E-state index contributed by atoms with van der Waals surface area (Å²) in [5, 5.41) is 8.97. The van der Waals surface area contributed by atoms with Crippen molar-refractivity contribution in [1.82, 2.24) is 14.9 Å². The maximum absolute atomic E-state index is 13.5. The number of hydrogen-bond acceptors (Lipinski definition) is 5. The molecular weight excluding hydrogens is 483 g/mol. The van der Waals surface area contributed by atoms with Gasteiger partial charge in [0.25, 0.3) is 5.91 Å². The van der Waals surface area contributed by atoms with E-state index >= 15 is 0 Å². The number of anilines is 1. The van der Waals surface area contributed by atoms with E-state index in [0.717, 1.165) is 24.3 Å². The zero-order valence-corrected chi connectivity index (χ0v) is 21.0. The number of aliphatic carboxylic acids is 1. The lowest BCUT2D eigenvalue weighted by Gasteiger charge is -2.36. The number of unbranched alkanes of at least 4 members (excludes halogenated alkanes) is 1.